The van der Waals surface area contributed by atoms with Gasteiger partial charge in [0.2, 0.25) is 65.0 Å². The molecule has 36 nitrogen and oxygen atoms in total. The molecule has 0 radical (unpaired) electrons. The number of imidazole rings is 1. The van der Waals surface area contributed by atoms with Crippen molar-refractivity contribution in [3.63, 3.8) is 0 Å². The third-order valence-electron chi connectivity index (χ3n) is 21.7. The first-order valence-corrected chi connectivity index (χ1v) is 39.2. The zero-order chi connectivity index (χ0) is 83.6. The molecule has 21 N–H and O–H groups in total. The number of fused-ring (bicyclic) bond motifs is 3. The third kappa shape index (κ3) is 21.5. The van der Waals surface area contributed by atoms with E-state index in [-0.39, 0.29) is 96.1 Å². The van der Waals surface area contributed by atoms with Crippen LogP contribution in [0.1, 0.15) is 106 Å². The maximum absolute atomic E-state index is 15.2. The molecular weight excluding hydrogens is 1510 g/mol. The molecule has 622 valence electrons. The largest absolute Gasteiger partial charge is 0.508 e. The zero-order valence-electron chi connectivity index (χ0n) is 64.5. The Morgan fingerprint density at radius 2 is 0.923 bits per heavy atom. The Morgan fingerprint density at radius 3 is 1.44 bits per heavy atom. The number of nitrogens with zero attached hydrogens (tertiary/aromatic N) is 4. The second-order valence-corrected chi connectivity index (χ2v) is 29.9. The van der Waals surface area contributed by atoms with Gasteiger partial charge in [0.05, 0.1) is 30.8 Å². The van der Waals surface area contributed by atoms with Crippen LogP contribution in [0.4, 0.5) is 0 Å². The number of nitrogens with one attached hydrogen (secondary N) is 12. The number of para-hydroxylation sites is 3. The molecule has 0 aliphatic carbocycles. The number of carboxylic acid groups (broad SMARTS) is 2. The number of phenols is 1. The second-order valence-electron chi connectivity index (χ2n) is 29.9. The molecule has 117 heavy (non-hydrogen) atoms. The summed E-state index contributed by atoms with van der Waals surface area (Å²) in [6.07, 6.45) is 6.11. The summed E-state index contributed by atoms with van der Waals surface area (Å²) in [4.78, 5) is 206. The number of aliphatic hydroxyl groups is 2. The molecule has 11 rings (SSSR count). The number of likely N-dealkylation sites (tertiary alicyclic amines) is 3. The number of H-pyrrole nitrogens is 4. The summed E-state index contributed by atoms with van der Waals surface area (Å²) in [7, 11) is 0. The first kappa shape index (κ1) is 85.3. The summed E-state index contributed by atoms with van der Waals surface area (Å²) in [6.45, 7) is 0.550. The number of aromatic hydroxyl groups is 1. The number of rotatable bonds is 39. The standard InChI is InChI=1S/C81H100N18O18/c1-44(101)69(96-75(110)61(36-48-40-87-57-18-7-4-15-53(48)57)92-74(109)62(37-49-41-84-43-88-49)91-70(105)54(83)34-46-38-85-55-16-5-2-13-51(46)55)77(112)93-60(35-47-39-86-56-17-6-3-14-52(47)56)73(108)89-58(19-8-9-29-82)71(106)95-64(42-100)76(111)90-59(27-28-68(103)104)72(107)94-63(33-45-23-25-50(102)26-24-45)78(113)97-30-10-20-65(97)79(114)98-31-11-21-66(98)80(115)99-32-12-22-67(99)81(116)117/h2-7,13-18,23-26,38-41,43-44,54,58-67,69,85-87,100-102H,8-12,19-22,27-37,42,82-83H2,1H3,(H,84,88)(H,89,108)(H,90,111)(H,91,105)(H,92,109)(H,93,112)(H,94,107)(H,95,106)(H,96,110)(H,103,104)(H,116,117)/t44-,54+,58+,59+,60+,61+,62+,63+,64+,65+,66+,67+,69+/m1/s1. The van der Waals surface area contributed by atoms with Gasteiger partial charge in [-0.1, -0.05) is 66.7 Å². The van der Waals surface area contributed by atoms with E-state index in [1.165, 1.54) is 58.4 Å². The van der Waals surface area contributed by atoms with Crippen molar-refractivity contribution in [3.05, 3.63) is 156 Å². The van der Waals surface area contributed by atoms with Crippen LogP contribution in [0.15, 0.2) is 128 Å². The number of hydrogen-bond acceptors (Lipinski definition) is 19. The number of benzene rings is 4. The van der Waals surface area contributed by atoms with Gasteiger partial charge >= 0.3 is 11.9 Å². The van der Waals surface area contributed by atoms with E-state index in [4.69, 9.17) is 11.5 Å². The van der Waals surface area contributed by atoms with E-state index in [0.29, 0.717) is 69.9 Å². The Kier molecular flexibility index (Phi) is 28.9. The molecule has 3 aliphatic heterocycles. The zero-order valence-corrected chi connectivity index (χ0v) is 64.5. The summed E-state index contributed by atoms with van der Waals surface area (Å²) >= 11 is 0. The molecule has 3 saturated heterocycles. The van der Waals surface area contributed by atoms with E-state index in [9.17, 15) is 68.7 Å². The average molecular weight is 1610 g/mol. The Balaban J connectivity index is 0.801. The molecule has 7 heterocycles. The number of aliphatic carboxylic acids is 2. The molecule has 0 saturated carbocycles. The average Bonchev–Trinajstić information content (AvgIpc) is 1.65. The van der Waals surface area contributed by atoms with Gasteiger partial charge in [0.1, 0.15) is 72.2 Å². The number of carbonyl (C=O) groups excluding carboxylic acids is 11. The monoisotopic (exact) mass is 1610 g/mol. The van der Waals surface area contributed by atoms with Crippen LogP contribution in [0, 0.1) is 0 Å². The van der Waals surface area contributed by atoms with Crippen LogP contribution in [0.2, 0.25) is 0 Å². The first-order chi connectivity index (χ1) is 56.3. The topological polar surface area (TPSA) is 557 Å². The van der Waals surface area contributed by atoms with Crippen molar-refractivity contribution in [1.82, 2.24) is 82.2 Å². The summed E-state index contributed by atoms with van der Waals surface area (Å²) in [5.74, 6) is -12.6. The lowest BCUT2D eigenvalue weighted by Gasteiger charge is -2.35. The number of phenolic OH excluding ortho intramolecular Hbond substituents is 1. The summed E-state index contributed by atoms with van der Waals surface area (Å²) in [6, 6.07) is 9.60. The Labute approximate surface area is 671 Å². The minimum atomic E-state index is -1.93. The van der Waals surface area contributed by atoms with Crippen molar-refractivity contribution in [3.8, 4) is 5.75 Å². The number of aromatic nitrogens is 5. The third-order valence-corrected chi connectivity index (χ3v) is 21.7. The van der Waals surface area contributed by atoms with Crippen molar-refractivity contribution in [2.75, 3.05) is 32.8 Å². The van der Waals surface area contributed by atoms with E-state index in [1.807, 2.05) is 24.3 Å². The number of carbonyl (C=O) groups is 13. The SMILES string of the molecule is C[C@@H](O)[C@H](NC(=O)[C@H](Cc1c[nH]c2ccccc12)NC(=O)[C@H](Cc1c[nH]cn1)NC(=O)[C@@H](N)Cc1c[nH]c2ccccc12)C(=O)N[C@@H](Cc1c[nH]c2ccccc12)C(=O)N[C@@H](CCCCN)C(=O)N[C@@H](CO)C(=O)N[C@@H](CCC(=O)O)C(=O)N[C@@H](Cc1ccc(O)cc1)C(=O)N1CCC[C@H]1C(=O)N1CCC[C@H]1C(=O)N1CCC[C@H]1C(=O)O. The Morgan fingerprint density at radius 1 is 0.487 bits per heavy atom. The fraction of sp³-hybridized carbons (Fsp3) is 0.432. The minimum Gasteiger partial charge on any atom is -0.508 e. The lowest BCUT2D eigenvalue weighted by molar-refractivity contribution is -0.153. The maximum atomic E-state index is 15.2. The highest BCUT2D eigenvalue weighted by molar-refractivity contribution is 6.01. The predicted molar refractivity (Wildman–Crippen MR) is 424 cm³/mol. The van der Waals surface area contributed by atoms with Gasteiger partial charge in [0.15, 0.2) is 0 Å². The van der Waals surface area contributed by atoms with Crippen LogP contribution in [-0.2, 0) is 94.4 Å². The highest BCUT2D eigenvalue weighted by Crippen LogP contribution is 2.31. The molecule has 0 bridgehead atoms. The fourth-order valence-corrected chi connectivity index (χ4v) is 15.5. The molecule has 0 unspecified atom stereocenters. The van der Waals surface area contributed by atoms with Crippen molar-refractivity contribution in [2.24, 2.45) is 11.5 Å². The minimum absolute atomic E-state index is 0.0235. The van der Waals surface area contributed by atoms with Crippen LogP contribution in [0.25, 0.3) is 32.7 Å². The van der Waals surface area contributed by atoms with Crippen molar-refractivity contribution < 1.29 is 87.9 Å². The number of aromatic amines is 4. The molecule has 3 fully saturated rings. The van der Waals surface area contributed by atoms with Crippen LogP contribution in [0.5, 0.6) is 5.75 Å². The molecule has 4 aromatic carbocycles. The van der Waals surface area contributed by atoms with E-state index in [1.54, 1.807) is 67.1 Å². The van der Waals surface area contributed by atoms with Crippen molar-refractivity contribution in [2.45, 2.75) is 188 Å². The lowest BCUT2D eigenvalue weighted by atomic mass is 10.0. The lowest BCUT2D eigenvalue weighted by Crippen LogP contribution is -2.62. The van der Waals surface area contributed by atoms with Gasteiger partial charge in [-0.25, -0.2) is 9.78 Å². The van der Waals surface area contributed by atoms with Gasteiger partial charge in [-0.05, 0) is 137 Å². The number of nitrogens with two attached hydrogens (primary N) is 2. The number of aliphatic hydroxyl groups excluding tert-OH is 2. The normalized spacial score (nSPS) is 18.0. The molecular formula is C81H100N18O18. The molecule has 11 amide bonds. The summed E-state index contributed by atoms with van der Waals surface area (Å²) < 4.78 is 0. The van der Waals surface area contributed by atoms with Crippen molar-refractivity contribution in [1.29, 1.82) is 0 Å². The highest BCUT2D eigenvalue weighted by Gasteiger charge is 2.47. The molecule has 0 spiro atoms. The molecule has 4 aromatic heterocycles. The molecule has 3 aliphatic rings. The van der Waals surface area contributed by atoms with E-state index < -0.39 is 175 Å². The van der Waals surface area contributed by atoms with Gasteiger partial charge in [0, 0.05) is 109 Å². The van der Waals surface area contributed by atoms with Crippen molar-refractivity contribution >= 4 is 110 Å². The van der Waals surface area contributed by atoms with Gasteiger partial charge in [0.25, 0.3) is 0 Å². The van der Waals surface area contributed by atoms with E-state index in [2.05, 4.69) is 67.5 Å². The Hall–Kier alpha value is -12.5. The van der Waals surface area contributed by atoms with Gasteiger partial charge in [-0.3, -0.25) is 57.5 Å². The predicted octanol–water partition coefficient (Wildman–Crippen LogP) is -0.297. The number of hydrogen-bond donors (Lipinski definition) is 19. The number of carboxylic acids is 2. The molecule has 13 atom stereocenters. The molecule has 36 heteroatoms. The van der Waals surface area contributed by atoms with E-state index in [0.717, 1.165) is 16.5 Å². The Bertz CT molecular complexity index is 4890. The smallest absolute Gasteiger partial charge is 0.326 e. The van der Waals surface area contributed by atoms with Crippen LogP contribution < -0.4 is 54.0 Å². The van der Waals surface area contributed by atoms with Crippen LogP contribution in [0.3, 0.4) is 0 Å². The van der Waals surface area contributed by atoms with Gasteiger partial charge in [-0.2, -0.15) is 0 Å². The van der Waals surface area contributed by atoms with E-state index >= 15 is 19.2 Å². The number of unbranched alkanes of at least 4 members (excludes halogenated alkanes) is 1. The number of amides is 11. The first-order valence-electron chi connectivity index (χ1n) is 39.2. The quantitative estimate of drug-likeness (QED) is 0.0220. The highest BCUT2D eigenvalue weighted by atomic mass is 16.4. The van der Waals surface area contributed by atoms with Gasteiger partial charge < -0.3 is 114 Å². The van der Waals surface area contributed by atoms with Gasteiger partial charge in [-0.15, -0.1) is 0 Å². The molecule has 8 aromatic rings. The van der Waals surface area contributed by atoms with Crippen LogP contribution in [-0.4, -0.2) is 253 Å². The fourth-order valence-electron chi connectivity index (χ4n) is 15.5. The summed E-state index contributed by atoms with van der Waals surface area (Å²) in [5.41, 5.74) is 17.1. The second kappa shape index (κ2) is 39.7. The van der Waals surface area contributed by atoms with Crippen LogP contribution >= 0.6 is 0 Å². The maximum Gasteiger partial charge on any atom is 0.326 e. The summed E-state index contributed by atoms with van der Waals surface area (Å²) in [5, 5.41) is 75.4.